The normalized spacial score (nSPS) is 10.9. The zero-order valence-electron chi connectivity index (χ0n) is 19.2. The molecule has 0 saturated carbocycles. The van der Waals surface area contributed by atoms with E-state index in [0.717, 1.165) is 34.6 Å². The van der Waals surface area contributed by atoms with E-state index in [1.54, 1.807) is 4.68 Å². The number of amides is 2. The number of nitrogens with one attached hydrogen (secondary N) is 2. The van der Waals surface area contributed by atoms with Gasteiger partial charge in [0.1, 0.15) is 5.82 Å². The smallest absolute Gasteiger partial charge is 0.239 e. The molecule has 32 heavy (non-hydrogen) atoms. The molecule has 1 aromatic heterocycles. The number of nitrogens with zero attached hydrogens (tertiary/aromatic N) is 3. The molecular weight excluding hydrogens is 402 g/mol. The molecule has 2 N–H and O–H groups in total. The molecule has 2 amide bonds. The van der Waals surface area contributed by atoms with Crippen molar-refractivity contribution < 1.29 is 9.59 Å². The van der Waals surface area contributed by atoms with E-state index in [2.05, 4.69) is 15.7 Å². The number of carbonyl (C=O) groups excluding carboxylic acids is 2. The molecule has 3 aromatic rings. The summed E-state index contributed by atoms with van der Waals surface area (Å²) < 4.78 is 1.72. The van der Waals surface area contributed by atoms with Gasteiger partial charge in [0.25, 0.3) is 0 Å². The SMILES string of the molecule is CCCN(CC(=O)Nc1ccccc1C)CC(=O)Nc1cc(C)nn1-c1ccc(C)cc1. The monoisotopic (exact) mass is 433 g/mol. The highest BCUT2D eigenvalue weighted by molar-refractivity contribution is 5.94. The van der Waals surface area contributed by atoms with Crippen LogP contribution in [0.25, 0.3) is 5.69 Å². The Balaban J connectivity index is 1.65. The Labute approximate surface area is 189 Å². The molecule has 2 aromatic carbocycles. The van der Waals surface area contributed by atoms with Gasteiger partial charge in [0.2, 0.25) is 11.8 Å². The molecule has 0 aliphatic heterocycles. The topological polar surface area (TPSA) is 79.3 Å². The van der Waals surface area contributed by atoms with E-state index in [1.165, 1.54) is 0 Å². The molecule has 0 aliphatic carbocycles. The van der Waals surface area contributed by atoms with Gasteiger partial charge in [0.05, 0.1) is 24.5 Å². The van der Waals surface area contributed by atoms with Crippen molar-refractivity contribution in [1.29, 1.82) is 0 Å². The van der Waals surface area contributed by atoms with Gasteiger partial charge in [0.15, 0.2) is 0 Å². The van der Waals surface area contributed by atoms with E-state index in [1.807, 2.05) is 87.2 Å². The van der Waals surface area contributed by atoms with Crippen LogP contribution in [-0.2, 0) is 9.59 Å². The first-order valence-corrected chi connectivity index (χ1v) is 10.9. The summed E-state index contributed by atoms with van der Waals surface area (Å²) in [5.74, 6) is 0.286. The number of aromatic nitrogens is 2. The third-order valence-corrected chi connectivity index (χ3v) is 5.07. The van der Waals surface area contributed by atoms with Gasteiger partial charge in [0, 0.05) is 11.8 Å². The average Bonchev–Trinajstić information content (AvgIpc) is 3.10. The van der Waals surface area contributed by atoms with Crippen molar-refractivity contribution in [3.8, 4) is 5.69 Å². The van der Waals surface area contributed by atoms with Crippen LogP contribution in [0.1, 0.15) is 30.2 Å². The number of hydrogen-bond donors (Lipinski definition) is 2. The molecule has 0 fully saturated rings. The molecule has 0 unspecified atom stereocenters. The van der Waals surface area contributed by atoms with Crippen LogP contribution in [0.15, 0.2) is 54.6 Å². The predicted molar refractivity (Wildman–Crippen MR) is 128 cm³/mol. The maximum atomic E-state index is 12.8. The van der Waals surface area contributed by atoms with E-state index >= 15 is 0 Å². The van der Waals surface area contributed by atoms with E-state index in [-0.39, 0.29) is 24.9 Å². The van der Waals surface area contributed by atoms with Gasteiger partial charge in [-0.3, -0.25) is 14.5 Å². The second-order valence-corrected chi connectivity index (χ2v) is 8.04. The van der Waals surface area contributed by atoms with Crippen molar-refractivity contribution in [3.63, 3.8) is 0 Å². The predicted octanol–water partition coefficient (Wildman–Crippen LogP) is 4.09. The molecule has 0 atom stereocenters. The maximum Gasteiger partial charge on any atom is 0.239 e. The highest BCUT2D eigenvalue weighted by Gasteiger charge is 2.17. The molecule has 1 heterocycles. The third-order valence-electron chi connectivity index (χ3n) is 5.07. The average molecular weight is 434 g/mol. The van der Waals surface area contributed by atoms with Crippen molar-refractivity contribution >= 4 is 23.3 Å². The molecule has 0 bridgehead atoms. The van der Waals surface area contributed by atoms with Crippen LogP contribution in [0.5, 0.6) is 0 Å². The summed E-state index contributed by atoms with van der Waals surface area (Å²) in [5.41, 5.74) is 4.63. The number of anilines is 2. The third kappa shape index (κ3) is 6.28. The van der Waals surface area contributed by atoms with Crippen molar-refractivity contribution in [1.82, 2.24) is 14.7 Å². The minimum atomic E-state index is -0.185. The first-order chi connectivity index (χ1) is 15.4. The van der Waals surface area contributed by atoms with Crippen LogP contribution in [0.4, 0.5) is 11.5 Å². The molecule has 168 valence electrons. The summed E-state index contributed by atoms with van der Waals surface area (Å²) in [5, 5.41) is 10.4. The lowest BCUT2D eigenvalue weighted by Crippen LogP contribution is -2.39. The number of carbonyl (C=O) groups is 2. The van der Waals surface area contributed by atoms with Crippen molar-refractivity contribution in [3.05, 3.63) is 71.4 Å². The first-order valence-electron chi connectivity index (χ1n) is 10.9. The van der Waals surface area contributed by atoms with Crippen LogP contribution < -0.4 is 10.6 Å². The summed E-state index contributed by atoms with van der Waals surface area (Å²) in [6, 6.07) is 17.4. The van der Waals surface area contributed by atoms with E-state index in [0.29, 0.717) is 12.4 Å². The maximum absolute atomic E-state index is 12.8. The Hall–Kier alpha value is -3.45. The molecule has 0 radical (unpaired) electrons. The highest BCUT2D eigenvalue weighted by Crippen LogP contribution is 2.18. The van der Waals surface area contributed by atoms with E-state index < -0.39 is 0 Å². The summed E-state index contributed by atoms with van der Waals surface area (Å²) in [7, 11) is 0. The van der Waals surface area contributed by atoms with Gasteiger partial charge < -0.3 is 10.6 Å². The molecule has 0 saturated heterocycles. The Kier molecular flexibility index (Phi) is 7.78. The minimum absolute atomic E-state index is 0.118. The number of hydrogen-bond acceptors (Lipinski definition) is 4. The van der Waals surface area contributed by atoms with Crippen LogP contribution in [0, 0.1) is 20.8 Å². The Bertz CT molecular complexity index is 1070. The van der Waals surface area contributed by atoms with Crippen LogP contribution in [-0.4, -0.2) is 46.1 Å². The number of rotatable bonds is 9. The number of aryl methyl sites for hydroxylation is 3. The van der Waals surface area contributed by atoms with Gasteiger partial charge in [-0.2, -0.15) is 5.10 Å². The zero-order valence-corrected chi connectivity index (χ0v) is 19.2. The van der Waals surface area contributed by atoms with Crippen molar-refractivity contribution in [2.75, 3.05) is 30.3 Å². The van der Waals surface area contributed by atoms with Crippen LogP contribution in [0.3, 0.4) is 0 Å². The lowest BCUT2D eigenvalue weighted by atomic mass is 10.2. The summed E-state index contributed by atoms with van der Waals surface area (Å²) in [6.07, 6.45) is 0.839. The molecule has 0 aliphatic rings. The minimum Gasteiger partial charge on any atom is -0.325 e. The standard InChI is InChI=1S/C25H31N5O2/c1-5-14-29(16-24(31)26-22-9-7-6-8-19(22)3)17-25(32)27-23-15-20(4)28-30(23)21-12-10-18(2)11-13-21/h6-13,15H,5,14,16-17H2,1-4H3,(H,26,31)(H,27,32). The van der Waals surface area contributed by atoms with E-state index in [4.69, 9.17) is 0 Å². The molecular formula is C25H31N5O2. The van der Waals surface area contributed by atoms with Gasteiger partial charge in [-0.15, -0.1) is 0 Å². The fourth-order valence-corrected chi connectivity index (χ4v) is 3.49. The van der Waals surface area contributed by atoms with Crippen molar-refractivity contribution in [2.45, 2.75) is 34.1 Å². The Morgan fingerprint density at radius 3 is 2.25 bits per heavy atom. The molecule has 3 rings (SSSR count). The number of benzene rings is 2. The molecule has 0 spiro atoms. The fraction of sp³-hybridized carbons (Fsp3) is 0.320. The summed E-state index contributed by atoms with van der Waals surface area (Å²) in [4.78, 5) is 27.2. The molecule has 7 heteroatoms. The van der Waals surface area contributed by atoms with Gasteiger partial charge in [-0.05, 0) is 57.5 Å². The first kappa shape index (κ1) is 23.2. The lowest BCUT2D eigenvalue weighted by Gasteiger charge is -2.21. The van der Waals surface area contributed by atoms with Crippen molar-refractivity contribution in [2.24, 2.45) is 0 Å². The van der Waals surface area contributed by atoms with Crippen LogP contribution >= 0.6 is 0 Å². The second kappa shape index (κ2) is 10.7. The molecule has 7 nitrogen and oxygen atoms in total. The summed E-state index contributed by atoms with van der Waals surface area (Å²) in [6.45, 7) is 8.80. The quantitative estimate of drug-likeness (QED) is 0.533. The van der Waals surface area contributed by atoms with Crippen LogP contribution in [0.2, 0.25) is 0 Å². The van der Waals surface area contributed by atoms with Gasteiger partial charge in [-0.25, -0.2) is 4.68 Å². The highest BCUT2D eigenvalue weighted by atomic mass is 16.2. The summed E-state index contributed by atoms with van der Waals surface area (Å²) >= 11 is 0. The zero-order chi connectivity index (χ0) is 23.1. The fourth-order valence-electron chi connectivity index (χ4n) is 3.49. The Morgan fingerprint density at radius 2 is 1.59 bits per heavy atom. The second-order valence-electron chi connectivity index (χ2n) is 8.04. The largest absolute Gasteiger partial charge is 0.325 e. The van der Waals surface area contributed by atoms with E-state index in [9.17, 15) is 9.59 Å². The Morgan fingerprint density at radius 1 is 0.938 bits per heavy atom. The van der Waals surface area contributed by atoms with Gasteiger partial charge >= 0.3 is 0 Å². The van der Waals surface area contributed by atoms with Gasteiger partial charge in [-0.1, -0.05) is 42.8 Å². The number of para-hydroxylation sites is 1. The lowest BCUT2D eigenvalue weighted by molar-refractivity contribution is -0.120.